The first-order valence-corrected chi connectivity index (χ1v) is 6.61. The Morgan fingerprint density at radius 1 is 1.29 bits per heavy atom. The Morgan fingerprint density at radius 3 is 2.71 bits per heavy atom. The average molecular weight is 290 g/mol. The van der Waals surface area contributed by atoms with Gasteiger partial charge in [0.1, 0.15) is 5.58 Å². The van der Waals surface area contributed by atoms with Crippen LogP contribution in [0.15, 0.2) is 21.3 Å². The van der Waals surface area contributed by atoms with Gasteiger partial charge in [-0.25, -0.2) is 4.79 Å². The number of rotatable bonds is 3. The zero-order valence-corrected chi connectivity index (χ0v) is 11.7. The Kier molecular flexibility index (Phi) is 3.29. The van der Waals surface area contributed by atoms with Gasteiger partial charge in [-0.15, -0.1) is 0 Å². The van der Waals surface area contributed by atoms with Crippen molar-refractivity contribution in [2.75, 3.05) is 13.4 Å². The van der Waals surface area contributed by atoms with Crippen LogP contribution in [0.25, 0.3) is 11.0 Å². The van der Waals surface area contributed by atoms with Crippen LogP contribution in [0.2, 0.25) is 0 Å². The number of benzene rings is 1. The Balaban J connectivity index is 2.12. The topological polar surface area (TPSA) is 75.0 Å². The van der Waals surface area contributed by atoms with Crippen LogP contribution in [0.1, 0.15) is 18.1 Å². The molecule has 0 aliphatic carbocycles. The van der Waals surface area contributed by atoms with E-state index in [4.69, 9.17) is 18.6 Å². The number of hydrogen-bond acceptors (Lipinski definition) is 6. The van der Waals surface area contributed by atoms with E-state index in [2.05, 4.69) is 0 Å². The summed E-state index contributed by atoms with van der Waals surface area (Å²) >= 11 is 0. The van der Waals surface area contributed by atoms with Crippen molar-refractivity contribution in [1.29, 1.82) is 0 Å². The van der Waals surface area contributed by atoms with E-state index in [0.717, 1.165) is 5.39 Å². The number of hydrogen-bond donors (Lipinski definition) is 0. The molecule has 0 amide bonds. The maximum atomic E-state index is 12.0. The molecule has 0 spiro atoms. The molecule has 1 aliphatic rings. The second kappa shape index (κ2) is 5.12. The molecule has 1 aliphatic heterocycles. The smallest absolute Gasteiger partial charge is 0.340 e. The van der Waals surface area contributed by atoms with E-state index >= 15 is 0 Å². The largest absolute Gasteiger partial charge is 0.466 e. The highest BCUT2D eigenvalue weighted by Gasteiger charge is 2.20. The first-order chi connectivity index (χ1) is 10.1. The molecular weight excluding hydrogens is 276 g/mol. The Labute approximate surface area is 120 Å². The second-order valence-electron chi connectivity index (χ2n) is 4.68. The van der Waals surface area contributed by atoms with Crippen LogP contribution in [0.3, 0.4) is 0 Å². The summed E-state index contributed by atoms with van der Waals surface area (Å²) in [7, 11) is 0. The molecule has 0 bridgehead atoms. The molecule has 0 unspecified atom stereocenters. The van der Waals surface area contributed by atoms with Crippen molar-refractivity contribution in [2.24, 2.45) is 0 Å². The summed E-state index contributed by atoms with van der Waals surface area (Å²) in [5.74, 6) is 0.692. The third-order valence-electron chi connectivity index (χ3n) is 3.41. The molecule has 2 heterocycles. The molecule has 6 nitrogen and oxygen atoms in total. The van der Waals surface area contributed by atoms with Gasteiger partial charge in [0.15, 0.2) is 11.5 Å². The van der Waals surface area contributed by atoms with E-state index in [1.165, 1.54) is 0 Å². The number of fused-ring (bicyclic) bond motifs is 2. The van der Waals surface area contributed by atoms with Crippen molar-refractivity contribution in [2.45, 2.75) is 20.3 Å². The van der Waals surface area contributed by atoms with Crippen LogP contribution in [-0.4, -0.2) is 19.4 Å². The monoisotopic (exact) mass is 290 g/mol. The molecule has 3 rings (SSSR count). The third-order valence-corrected chi connectivity index (χ3v) is 3.41. The highest BCUT2D eigenvalue weighted by atomic mass is 16.7. The van der Waals surface area contributed by atoms with E-state index in [9.17, 15) is 9.59 Å². The number of esters is 1. The third kappa shape index (κ3) is 2.33. The van der Waals surface area contributed by atoms with Crippen LogP contribution in [0.5, 0.6) is 11.5 Å². The van der Waals surface area contributed by atoms with Crippen molar-refractivity contribution in [3.05, 3.63) is 33.7 Å². The number of ether oxygens (including phenoxy) is 3. The molecule has 0 saturated carbocycles. The minimum absolute atomic E-state index is 0.105. The number of carbonyl (C=O) groups excluding carboxylic acids is 1. The molecule has 2 aromatic rings. The molecule has 0 fully saturated rings. The van der Waals surface area contributed by atoms with E-state index in [1.807, 2.05) is 0 Å². The van der Waals surface area contributed by atoms with Crippen LogP contribution < -0.4 is 15.1 Å². The number of aryl methyl sites for hydroxylation is 1. The van der Waals surface area contributed by atoms with E-state index in [1.54, 1.807) is 26.0 Å². The fourth-order valence-corrected chi connectivity index (χ4v) is 2.34. The molecule has 6 heteroatoms. The van der Waals surface area contributed by atoms with Crippen LogP contribution in [-0.2, 0) is 16.0 Å². The molecule has 0 N–H and O–H groups in total. The maximum Gasteiger partial charge on any atom is 0.340 e. The Hall–Kier alpha value is -2.50. The predicted molar refractivity (Wildman–Crippen MR) is 73.7 cm³/mol. The molecular formula is C15H14O6. The second-order valence-corrected chi connectivity index (χ2v) is 4.68. The highest BCUT2D eigenvalue weighted by Crippen LogP contribution is 2.37. The minimum atomic E-state index is -0.535. The van der Waals surface area contributed by atoms with Crippen molar-refractivity contribution in [1.82, 2.24) is 0 Å². The molecule has 110 valence electrons. The molecule has 1 aromatic heterocycles. The molecule has 0 atom stereocenters. The average Bonchev–Trinajstić information content (AvgIpc) is 2.89. The van der Waals surface area contributed by atoms with Gasteiger partial charge in [0, 0.05) is 11.5 Å². The summed E-state index contributed by atoms with van der Waals surface area (Å²) in [5, 5.41) is 0.721. The van der Waals surface area contributed by atoms with Crippen molar-refractivity contribution in [3.8, 4) is 11.5 Å². The van der Waals surface area contributed by atoms with E-state index in [0.29, 0.717) is 28.2 Å². The first-order valence-electron chi connectivity index (χ1n) is 6.61. The fraction of sp³-hybridized carbons (Fsp3) is 0.333. The Morgan fingerprint density at radius 2 is 2.00 bits per heavy atom. The predicted octanol–water partition coefficient (Wildman–Crippen LogP) is 1.94. The zero-order chi connectivity index (χ0) is 15.0. The van der Waals surface area contributed by atoms with Gasteiger partial charge >= 0.3 is 11.6 Å². The van der Waals surface area contributed by atoms with Crippen LogP contribution in [0.4, 0.5) is 0 Å². The van der Waals surface area contributed by atoms with E-state index < -0.39 is 11.6 Å². The lowest BCUT2D eigenvalue weighted by molar-refractivity contribution is -0.142. The lowest BCUT2D eigenvalue weighted by Gasteiger charge is -2.08. The van der Waals surface area contributed by atoms with E-state index in [-0.39, 0.29) is 19.8 Å². The van der Waals surface area contributed by atoms with Crippen molar-refractivity contribution < 1.29 is 23.4 Å². The summed E-state index contributed by atoms with van der Waals surface area (Å²) in [5.41, 5.74) is 0.869. The molecule has 21 heavy (non-hydrogen) atoms. The summed E-state index contributed by atoms with van der Waals surface area (Å²) < 4.78 is 20.7. The van der Waals surface area contributed by atoms with Gasteiger partial charge in [-0.2, -0.15) is 0 Å². The van der Waals surface area contributed by atoms with Crippen LogP contribution in [0, 0.1) is 6.92 Å². The van der Waals surface area contributed by atoms with Gasteiger partial charge in [0.25, 0.3) is 0 Å². The van der Waals surface area contributed by atoms with Gasteiger partial charge < -0.3 is 18.6 Å². The standard InChI is InChI=1S/C15H14O6/c1-3-18-14(16)5-10-8(2)9-4-12-13(20-7-19-12)6-11(9)21-15(10)17/h4,6H,3,5,7H2,1-2H3. The maximum absolute atomic E-state index is 12.0. The van der Waals surface area contributed by atoms with Crippen molar-refractivity contribution >= 4 is 16.9 Å². The van der Waals surface area contributed by atoms with Gasteiger partial charge in [0.2, 0.25) is 6.79 Å². The van der Waals surface area contributed by atoms with Gasteiger partial charge in [-0.05, 0) is 25.5 Å². The van der Waals surface area contributed by atoms with Gasteiger partial charge in [0.05, 0.1) is 18.6 Å². The molecule has 1 aromatic carbocycles. The van der Waals surface area contributed by atoms with Gasteiger partial charge in [-0.1, -0.05) is 0 Å². The Bertz CT molecular complexity index is 774. The lowest BCUT2D eigenvalue weighted by Crippen LogP contribution is -2.17. The summed E-state index contributed by atoms with van der Waals surface area (Å²) in [6, 6.07) is 3.38. The number of carbonyl (C=O) groups is 1. The minimum Gasteiger partial charge on any atom is -0.466 e. The highest BCUT2D eigenvalue weighted by molar-refractivity contribution is 5.86. The van der Waals surface area contributed by atoms with Gasteiger partial charge in [-0.3, -0.25) is 4.79 Å². The van der Waals surface area contributed by atoms with Crippen LogP contribution >= 0.6 is 0 Å². The summed E-state index contributed by atoms with van der Waals surface area (Å²) in [6.45, 7) is 3.91. The quantitative estimate of drug-likeness (QED) is 0.635. The zero-order valence-electron chi connectivity index (χ0n) is 11.7. The summed E-state index contributed by atoms with van der Waals surface area (Å²) in [4.78, 5) is 23.6. The molecule has 0 saturated heterocycles. The van der Waals surface area contributed by atoms with Crippen molar-refractivity contribution in [3.63, 3.8) is 0 Å². The fourth-order valence-electron chi connectivity index (χ4n) is 2.34. The molecule has 0 radical (unpaired) electrons. The summed E-state index contributed by atoms with van der Waals surface area (Å²) in [6.07, 6.45) is -0.105. The lowest BCUT2D eigenvalue weighted by atomic mass is 10.0. The first kappa shape index (κ1) is 13.5. The SMILES string of the molecule is CCOC(=O)Cc1c(C)c2cc3c(cc2oc1=O)OCO3. The normalized spacial score (nSPS) is 12.7.